The summed E-state index contributed by atoms with van der Waals surface area (Å²) >= 11 is 1.02. The van der Waals surface area contributed by atoms with Gasteiger partial charge in [-0.1, -0.05) is 32.0 Å². The van der Waals surface area contributed by atoms with E-state index in [4.69, 9.17) is 4.42 Å². The van der Waals surface area contributed by atoms with Crippen LogP contribution in [0.5, 0.6) is 0 Å². The van der Waals surface area contributed by atoms with E-state index in [1.165, 1.54) is 10.5 Å². The molecule has 0 spiro atoms. The highest BCUT2D eigenvalue weighted by Crippen LogP contribution is 2.23. The van der Waals surface area contributed by atoms with Crippen LogP contribution >= 0.6 is 11.3 Å². The Kier molecular flexibility index (Phi) is 8.08. The van der Waals surface area contributed by atoms with E-state index in [9.17, 15) is 23.1 Å². The third-order valence-electron chi connectivity index (χ3n) is 6.05. The summed E-state index contributed by atoms with van der Waals surface area (Å²) in [5.41, 5.74) is 0.575. The summed E-state index contributed by atoms with van der Waals surface area (Å²) in [6, 6.07) is 7.36. The lowest BCUT2D eigenvalue weighted by molar-refractivity contribution is -0.125. The van der Waals surface area contributed by atoms with Gasteiger partial charge in [0.2, 0.25) is 10.2 Å². The van der Waals surface area contributed by atoms with Crippen LogP contribution in [0.3, 0.4) is 0 Å². The Morgan fingerprint density at radius 1 is 1.31 bits per heavy atom. The number of nitrogens with zero attached hydrogens (tertiary/aromatic N) is 2. The van der Waals surface area contributed by atoms with Crippen molar-refractivity contribution in [3.8, 4) is 0 Å². The summed E-state index contributed by atoms with van der Waals surface area (Å²) in [4.78, 5) is 30.0. The zero-order valence-electron chi connectivity index (χ0n) is 20.1. The number of carbonyl (C=O) groups excluding carboxylic acids is 2. The van der Waals surface area contributed by atoms with Gasteiger partial charge in [-0.25, -0.2) is 13.4 Å². The zero-order valence-corrected chi connectivity index (χ0v) is 21.7. The zero-order chi connectivity index (χ0) is 25.9. The summed E-state index contributed by atoms with van der Waals surface area (Å²) in [6.45, 7) is 3.93. The third-order valence-corrected chi connectivity index (χ3v) is 9.10. The molecule has 1 aliphatic rings. The van der Waals surface area contributed by atoms with Crippen molar-refractivity contribution in [1.29, 1.82) is 0 Å². The average Bonchev–Trinajstić information content (AvgIpc) is 3.49. The number of amides is 2. The first-order chi connectivity index (χ1) is 17.1. The SMILES string of the molecule is CC(C)C[C@H](NC(=O)c1cc2ccccc2o1)C(=O)NC1CCCN(S(=O)(=O)c2nccs2)CC1O. The Hall–Kier alpha value is -2.80. The van der Waals surface area contributed by atoms with Crippen LogP contribution in [0, 0.1) is 5.92 Å². The first kappa shape index (κ1) is 26.3. The van der Waals surface area contributed by atoms with E-state index in [1.807, 2.05) is 32.0 Å². The first-order valence-corrected chi connectivity index (χ1v) is 14.1. The molecule has 0 saturated carbocycles. The van der Waals surface area contributed by atoms with E-state index >= 15 is 0 Å². The lowest BCUT2D eigenvalue weighted by Crippen LogP contribution is -2.54. The second-order valence-electron chi connectivity index (χ2n) is 9.29. The van der Waals surface area contributed by atoms with Crippen molar-refractivity contribution in [3.05, 3.63) is 47.7 Å². The van der Waals surface area contributed by atoms with Gasteiger partial charge in [0.05, 0.1) is 12.1 Å². The quantitative estimate of drug-likeness (QED) is 0.403. The van der Waals surface area contributed by atoms with Gasteiger partial charge in [0.25, 0.3) is 15.9 Å². The molecule has 0 radical (unpaired) electrons. The highest BCUT2D eigenvalue weighted by atomic mass is 32.2. The summed E-state index contributed by atoms with van der Waals surface area (Å²) in [7, 11) is -3.82. The van der Waals surface area contributed by atoms with Crippen molar-refractivity contribution in [2.75, 3.05) is 13.1 Å². The number of nitrogens with one attached hydrogen (secondary N) is 2. The van der Waals surface area contributed by atoms with Crippen LogP contribution in [-0.2, 0) is 14.8 Å². The predicted octanol–water partition coefficient (Wildman–Crippen LogP) is 2.36. The number of para-hydroxylation sites is 1. The predicted molar refractivity (Wildman–Crippen MR) is 135 cm³/mol. The smallest absolute Gasteiger partial charge is 0.287 e. The van der Waals surface area contributed by atoms with Crippen LogP contribution in [0.15, 0.2) is 50.7 Å². The fourth-order valence-electron chi connectivity index (χ4n) is 4.25. The van der Waals surface area contributed by atoms with Gasteiger partial charge in [-0.05, 0) is 37.3 Å². The Balaban J connectivity index is 1.43. The van der Waals surface area contributed by atoms with E-state index in [0.717, 1.165) is 16.7 Å². The molecule has 3 aromatic rings. The summed E-state index contributed by atoms with van der Waals surface area (Å²) in [6.07, 6.45) is 1.53. The number of hydrogen-bond acceptors (Lipinski definition) is 8. The second-order valence-corrected chi connectivity index (χ2v) is 12.3. The number of aliphatic hydroxyl groups is 1. The number of fused-ring (bicyclic) bond motifs is 1. The Morgan fingerprint density at radius 2 is 2.08 bits per heavy atom. The number of thiazole rings is 1. The Labute approximate surface area is 213 Å². The van der Waals surface area contributed by atoms with E-state index in [1.54, 1.807) is 17.5 Å². The Bertz CT molecular complexity index is 1270. The maximum Gasteiger partial charge on any atom is 0.287 e. The molecule has 194 valence electrons. The molecule has 10 nitrogen and oxygen atoms in total. The average molecular weight is 535 g/mol. The number of furan rings is 1. The molecule has 3 atom stereocenters. The van der Waals surface area contributed by atoms with Gasteiger partial charge in [-0.2, -0.15) is 4.31 Å². The van der Waals surface area contributed by atoms with Gasteiger partial charge in [0.1, 0.15) is 11.6 Å². The molecule has 1 aliphatic heterocycles. The summed E-state index contributed by atoms with van der Waals surface area (Å²) < 4.78 is 32.5. The molecule has 3 N–H and O–H groups in total. The fraction of sp³-hybridized carbons (Fsp3) is 0.458. The fourth-order valence-corrected chi connectivity index (χ4v) is 6.71. The summed E-state index contributed by atoms with van der Waals surface area (Å²) in [5.74, 6) is -0.729. The molecule has 12 heteroatoms. The number of benzene rings is 1. The van der Waals surface area contributed by atoms with Crippen molar-refractivity contribution in [2.45, 2.75) is 55.6 Å². The molecule has 1 aromatic carbocycles. The van der Waals surface area contributed by atoms with Gasteiger partial charge in [0.15, 0.2) is 5.76 Å². The van der Waals surface area contributed by atoms with Crippen molar-refractivity contribution in [3.63, 3.8) is 0 Å². The number of hydrogen-bond donors (Lipinski definition) is 3. The number of rotatable bonds is 8. The van der Waals surface area contributed by atoms with E-state index in [2.05, 4.69) is 15.6 Å². The molecule has 2 amide bonds. The van der Waals surface area contributed by atoms with Gasteiger partial charge in [-0.15, -0.1) is 11.3 Å². The van der Waals surface area contributed by atoms with E-state index in [-0.39, 0.29) is 29.1 Å². The van der Waals surface area contributed by atoms with Crippen LogP contribution in [-0.4, -0.2) is 65.9 Å². The monoisotopic (exact) mass is 534 g/mol. The molecule has 2 aromatic heterocycles. The minimum atomic E-state index is -3.82. The number of β-amino-alcohol motifs (C(OH)–C–C–N with tert-alkyl or cyclic N) is 1. The molecule has 0 bridgehead atoms. The third kappa shape index (κ3) is 5.94. The minimum Gasteiger partial charge on any atom is -0.451 e. The van der Waals surface area contributed by atoms with Gasteiger partial charge in [0, 0.05) is 30.1 Å². The van der Waals surface area contributed by atoms with Crippen molar-refractivity contribution >= 4 is 44.1 Å². The number of sulfonamides is 1. The topological polar surface area (TPSA) is 142 Å². The summed E-state index contributed by atoms with van der Waals surface area (Å²) in [5, 5.41) is 18.8. The molecule has 0 aliphatic carbocycles. The molecule has 36 heavy (non-hydrogen) atoms. The molecular weight excluding hydrogens is 504 g/mol. The van der Waals surface area contributed by atoms with E-state index < -0.39 is 40.0 Å². The minimum absolute atomic E-state index is 0.0255. The lowest BCUT2D eigenvalue weighted by Gasteiger charge is -2.27. The highest BCUT2D eigenvalue weighted by molar-refractivity contribution is 7.91. The first-order valence-electron chi connectivity index (χ1n) is 11.8. The second kappa shape index (κ2) is 11.1. The van der Waals surface area contributed by atoms with Crippen LogP contribution in [0.2, 0.25) is 0 Å². The highest BCUT2D eigenvalue weighted by Gasteiger charge is 2.35. The standard InChI is InChI=1S/C24H30N4O6S2/c1-15(2)12-18(27-23(31)21-13-16-6-3-4-8-20(16)34-21)22(30)26-17-7-5-10-28(14-19(17)29)36(32,33)24-25-9-11-35-24/h3-4,6,8-9,11,13,15,17-19,29H,5,7,10,12,14H2,1-2H3,(H,26,30)(H,27,31)/t17?,18-,19?/m0/s1. The number of carbonyl (C=O) groups is 2. The van der Waals surface area contributed by atoms with Gasteiger partial charge < -0.3 is 20.2 Å². The molecular formula is C24H30N4O6S2. The molecule has 3 heterocycles. The van der Waals surface area contributed by atoms with Crippen LogP contribution in [0.25, 0.3) is 11.0 Å². The normalized spacial score (nSPS) is 20.2. The van der Waals surface area contributed by atoms with E-state index in [0.29, 0.717) is 24.8 Å². The molecule has 2 unspecified atom stereocenters. The Morgan fingerprint density at radius 3 is 2.78 bits per heavy atom. The van der Waals surface area contributed by atoms with Crippen molar-refractivity contribution < 1.29 is 27.5 Å². The number of aliphatic hydroxyl groups excluding tert-OH is 1. The molecule has 1 fully saturated rings. The maximum atomic E-state index is 13.2. The van der Waals surface area contributed by atoms with Gasteiger partial charge >= 0.3 is 0 Å². The lowest BCUT2D eigenvalue weighted by atomic mass is 10.0. The van der Waals surface area contributed by atoms with Crippen molar-refractivity contribution in [2.24, 2.45) is 5.92 Å². The molecule has 1 saturated heterocycles. The largest absolute Gasteiger partial charge is 0.451 e. The van der Waals surface area contributed by atoms with Gasteiger partial charge in [-0.3, -0.25) is 9.59 Å². The van der Waals surface area contributed by atoms with Crippen LogP contribution in [0.4, 0.5) is 0 Å². The molecule has 4 rings (SSSR count). The van der Waals surface area contributed by atoms with Crippen LogP contribution in [0.1, 0.15) is 43.7 Å². The van der Waals surface area contributed by atoms with Crippen LogP contribution < -0.4 is 10.6 Å². The number of aromatic nitrogens is 1. The van der Waals surface area contributed by atoms with Crippen molar-refractivity contribution in [1.82, 2.24) is 19.9 Å². The maximum absolute atomic E-state index is 13.2.